The number of pyridine rings is 1. The third-order valence-corrected chi connectivity index (χ3v) is 4.82. The first-order valence-corrected chi connectivity index (χ1v) is 9.03. The predicted octanol–water partition coefficient (Wildman–Crippen LogP) is 2.28. The minimum absolute atomic E-state index is 0.00630. The fourth-order valence-electron chi connectivity index (χ4n) is 2.96. The molecule has 0 spiro atoms. The average molecular weight is 362 g/mol. The molecular weight excluding hydrogens is 342 g/mol. The Bertz CT molecular complexity index is 749. The first-order chi connectivity index (χ1) is 12.1. The van der Waals surface area contributed by atoms with Crippen LogP contribution in [0.5, 0.6) is 0 Å². The van der Waals surface area contributed by atoms with Crippen LogP contribution >= 0.6 is 11.6 Å². The van der Waals surface area contributed by atoms with E-state index in [-0.39, 0.29) is 5.91 Å². The van der Waals surface area contributed by atoms with Gasteiger partial charge < -0.3 is 14.3 Å². The maximum absolute atomic E-state index is 11.9. The van der Waals surface area contributed by atoms with E-state index >= 15 is 0 Å². The second-order valence-corrected chi connectivity index (χ2v) is 7.22. The van der Waals surface area contributed by atoms with E-state index in [9.17, 15) is 4.79 Å². The SMILES string of the molecule is CC(Cl)C(=O)N1CCN(c2ccc(-c3noc(C4CC4)n3)cn2)CC1. The lowest BCUT2D eigenvalue weighted by atomic mass is 10.2. The van der Waals surface area contributed by atoms with Crippen molar-refractivity contribution in [1.29, 1.82) is 0 Å². The molecule has 2 aromatic heterocycles. The van der Waals surface area contributed by atoms with Crippen LogP contribution in [0.1, 0.15) is 31.6 Å². The first-order valence-electron chi connectivity index (χ1n) is 8.59. The van der Waals surface area contributed by atoms with Crippen LogP contribution in [0.15, 0.2) is 22.9 Å². The highest BCUT2D eigenvalue weighted by Gasteiger charge is 2.30. The molecule has 3 heterocycles. The van der Waals surface area contributed by atoms with Crippen molar-refractivity contribution in [2.24, 2.45) is 0 Å². The second kappa shape index (κ2) is 6.63. The van der Waals surface area contributed by atoms with Crippen molar-refractivity contribution in [3.63, 3.8) is 0 Å². The summed E-state index contributed by atoms with van der Waals surface area (Å²) in [6.07, 6.45) is 4.04. The number of piperazine rings is 1. The lowest BCUT2D eigenvalue weighted by Gasteiger charge is -2.35. The Hall–Kier alpha value is -2.15. The molecule has 4 rings (SSSR count). The van der Waals surface area contributed by atoms with Gasteiger partial charge in [0.1, 0.15) is 11.2 Å². The molecule has 2 aliphatic rings. The summed E-state index contributed by atoms with van der Waals surface area (Å²) in [5, 5.41) is 3.57. The summed E-state index contributed by atoms with van der Waals surface area (Å²) in [6.45, 7) is 4.53. The number of carbonyl (C=O) groups is 1. The molecule has 2 aromatic rings. The number of aromatic nitrogens is 3. The number of amides is 1. The Balaban J connectivity index is 1.39. The molecule has 8 heteroatoms. The van der Waals surface area contributed by atoms with E-state index < -0.39 is 5.38 Å². The molecule has 2 fully saturated rings. The monoisotopic (exact) mass is 361 g/mol. The third kappa shape index (κ3) is 3.46. The van der Waals surface area contributed by atoms with Crippen LogP contribution in [0.3, 0.4) is 0 Å². The summed E-state index contributed by atoms with van der Waals surface area (Å²) in [5.41, 5.74) is 0.851. The largest absolute Gasteiger partial charge is 0.353 e. The minimum Gasteiger partial charge on any atom is -0.353 e. The summed E-state index contributed by atoms with van der Waals surface area (Å²) in [7, 11) is 0. The number of halogens is 1. The molecule has 1 aliphatic heterocycles. The quantitative estimate of drug-likeness (QED) is 0.778. The highest BCUT2D eigenvalue weighted by molar-refractivity contribution is 6.30. The standard InChI is InChI=1S/C17H20ClN5O2/c1-11(18)17(24)23-8-6-22(7-9-23)14-5-4-13(10-19-14)15-20-16(25-21-15)12-2-3-12/h4-5,10-12H,2-3,6-9H2,1H3. The maximum Gasteiger partial charge on any atom is 0.240 e. The van der Waals surface area contributed by atoms with E-state index in [4.69, 9.17) is 16.1 Å². The van der Waals surface area contributed by atoms with Crippen molar-refractivity contribution in [2.75, 3.05) is 31.1 Å². The van der Waals surface area contributed by atoms with Crippen LogP contribution in [0.2, 0.25) is 0 Å². The zero-order valence-electron chi connectivity index (χ0n) is 14.1. The van der Waals surface area contributed by atoms with E-state index in [0.29, 0.717) is 24.8 Å². The number of alkyl halides is 1. The Morgan fingerprint density at radius 2 is 2.04 bits per heavy atom. The number of nitrogens with zero attached hydrogens (tertiary/aromatic N) is 5. The van der Waals surface area contributed by atoms with Crippen molar-refractivity contribution in [3.8, 4) is 11.4 Å². The normalized spacial score (nSPS) is 19.1. The van der Waals surface area contributed by atoms with Gasteiger partial charge in [0.25, 0.3) is 0 Å². The number of hydrogen-bond acceptors (Lipinski definition) is 6. The van der Waals surface area contributed by atoms with Gasteiger partial charge in [0.15, 0.2) is 0 Å². The van der Waals surface area contributed by atoms with Crippen molar-refractivity contribution in [3.05, 3.63) is 24.2 Å². The highest BCUT2D eigenvalue weighted by atomic mass is 35.5. The molecule has 1 unspecified atom stereocenters. The van der Waals surface area contributed by atoms with Crippen LogP contribution in [0.25, 0.3) is 11.4 Å². The molecule has 132 valence electrons. The molecule has 7 nitrogen and oxygen atoms in total. The van der Waals surface area contributed by atoms with Gasteiger partial charge in [0.05, 0.1) is 0 Å². The number of hydrogen-bond donors (Lipinski definition) is 0. The van der Waals surface area contributed by atoms with E-state index in [0.717, 1.165) is 43.2 Å². The van der Waals surface area contributed by atoms with E-state index in [1.54, 1.807) is 18.0 Å². The van der Waals surface area contributed by atoms with E-state index in [1.165, 1.54) is 0 Å². The minimum atomic E-state index is -0.473. The molecule has 1 saturated carbocycles. The van der Waals surface area contributed by atoms with Gasteiger partial charge in [0.2, 0.25) is 17.6 Å². The summed E-state index contributed by atoms with van der Waals surface area (Å²) in [4.78, 5) is 24.9. The van der Waals surface area contributed by atoms with Crippen molar-refractivity contribution in [2.45, 2.75) is 31.1 Å². The maximum atomic E-state index is 11.9. The third-order valence-electron chi connectivity index (χ3n) is 4.63. The van der Waals surface area contributed by atoms with Crippen LogP contribution in [0, 0.1) is 0 Å². The summed E-state index contributed by atoms with van der Waals surface area (Å²) >= 11 is 5.88. The molecule has 0 radical (unpaired) electrons. The average Bonchev–Trinajstić information content (AvgIpc) is 3.38. The Kier molecular flexibility index (Phi) is 4.33. The van der Waals surface area contributed by atoms with Gasteiger partial charge in [-0.3, -0.25) is 4.79 Å². The molecule has 1 atom stereocenters. The number of carbonyl (C=O) groups excluding carboxylic acids is 1. The molecule has 1 saturated heterocycles. The molecule has 1 amide bonds. The van der Waals surface area contributed by atoms with Crippen molar-refractivity contribution in [1.82, 2.24) is 20.0 Å². The van der Waals surface area contributed by atoms with Gasteiger partial charge >= 0.3 is 0 Å². The smallest absolute Gasteiger partial charge is 0.240 e. The molecule has 0 aromatic carbocycles. The molecular formula is C17H20ClN5O2. The van der Waals surface area contributed by atoms with Crippen molar-refractivity contribution < 1.29 is 9.32 Å². The van der Waals surface area contributed by atoms with Crippen molar-refractivity contribution >= 4 is 23.3 Å². The fourth-order valence-corrected chi connectivity index (χ4v) is 3.10. The second-order valence-electron chi connectivity index (χ2n) is 6.56. The lowest BCUT2D eigenvalue weighted by Crippen LogP contribution is -2.50. The van der Waals surface area contributed by atoms with Crippen LogP contribution in [0.4, 0.5) is 5.82 Å². The fraction of sp³-hybridized carbons (Fsp3) is 0.529. The first kappa shape index (κ1) is 16.3. The van der Waals surface area contributed by atoms with Crippen LogP contribution in [-0.4, -0.2) is 57.5 Å². The molecule has 0 bridgehead atoms. The lowest BCUT2D eigenvalue weighted by molar-refractivity contribution is -0.130. The zero-order valence-corrected chi connectivity index (χ0v) is 14.8. The van der Waals surface area contributed by atoms with Gasteiger partial charge in [-0.1, -0.05) is 5.16 Å². The van der Waals surface area contributed by atoms with Gasteiger partial charge in [-0.05, 0) is 31.9 Å². The molecule has 0 N–H and O–H groups in total. The van der Waals surface area contributed by atoms with Crippen LogP contribution < -0.4 is 4.90 Å². The Morgan fingerprint density at radius 1 is 1.28 bits per heavy atom. The van der Waals surface area contributed by atoms with Gasteiger partial charge in [-0.25, -0.2) is 4.98 Å². The van der Waals surface area contributed by atoms with Gasteiger partial charge in [-0.2, -0.15) is 4.98 Å². The summed E-state index contributed by atoms with van der Waals surface area (Å²) in [5.74, 6) is 2.65. The van der Waals surface area contributed by atoms with Gasteiger partial charge in [0, 0.05) is 43.9 Å². The number of rotatable bonds is 4. The molecule has 1 aliphatic carbocycles. The van der Waals surface area contributed by atoms with Crippen LogP contribution in [-0.2, 0) is 4.79 Å². The topological polar surface area (TPSA) is 75.4 Å². The highest BCUT2D eigenvalue weighted by Crippen LogP contribution is 2.39. The van der Waals surface area contributed by atoms with E-state index in [2.05, 4.69) is 20.0 Å². The van der Waals surface area contributed by atoms with E-state index in [1.807, 2.05) is 12.1 Å². The summed E-state index contributed by atoms with van der Waals surface area (Å²) in [6, 6.07) is 3.92. The Labute approximate surface area is 151 Å². The number of anilines is 1. The predicted molar refractivity (Wildman–Crippen MR) is 93.6 cm³/mol. The summed E-state index contributed by atoms with van der Waals surface area (Å²) < 4.78 is 5.30. The van der Waals surface area contributed by atoms with Gasteiger partial charge in [-0.15, -0.1) is 11.6 Å². The zero-order chi connectivity index (χ0) is 17.4. The Morgan fingerprint density at radius 3 is 2.64 bits per heavy atom. The molecule has 25 heavy (non-hydrogen) atoms.